The Morgan fingerprint density at radius 3 is 2.38 bits per heavy atom. The van der Waals surface area contributed by atoms with Crippen LogP contribution in [0.4, 0.5) is 5.69 Å². The number of benzene rings is 2. The van der Waals surface area contributed by atoms with Crippen LogP contribution >= 0.6 is 15.9 Å². The quantitative estimate of drug-likeness (QED) is 0.711. The number of carbonyl (C=O) groups is 1. The Labute approximate surface area is 162 Å². The summed E-state index contributed by atoms with van der Waals surface area (Å²) in [5.41, 5.74) is 2.36. The fourth-order valence-electron chi connectivity index (χ4n) is 2.96. The van der Waals surface area contributed by atoms with Crippen LogP contribution in [0.25, 0.3) is 0 Å². The lowest BCUT2D eigenvalue weighted by Crippen LogP contribution is -2.41. The van der Waals surface area contributed by atoms with Crippen molar-refractivity contribution in [3.8, 4) is 0 Å². The van der Waals surface area contributed by atoms with Crippen molar-refractivity contribution in [2.45, 2.75) is 25.8 Å². The molecule has 1 amide bonds. The van der Waals surface area contributed by atoms with Crippen LogP contribution in [-0.2, 0) is 9.84 Å². The largest absolute Gasteiger partial charge is 0.300 e. The summed E-state index contributed by atoms with van der Waals surface area (Å²) in [4.78, 5) is 14.8. The molecule has 136 valence electrons. The lowest BCUT2D eigenvalue weighted by molar-refractivity contribution is 0.0983. The average Bonchev–Trinajstić information content (AvgIpc) is 2.95. The van der Waals surface area contributed by atoms with E-state index in [1.807, 2.05) is 30.3 Å². The second kappa shape index (κ2) is 7.37. The molecule has 0 unspecified atom stereocenters. The highest BCUT2D eigenvalue weighted by molar-refractivity contribution is 9.10. The fourth-order valence-corrected chi connectivity index (χ4v) is 4.63. The van der Waals surface area contributed by atoms with E-state index in [1.54, 1.807) is 29.2 Å². The standard InChI is InChI=1S/C20H20BrNO3S/c1-14(2)15-6-8-18(9-7-15)22(19-10-11-26(24,25)13-19)20(23)16-4-3-5-17(21)12-16/h3-12,14,19H,13H2,1-2H3/t19-/m0/s1. The predicted molar refractivity (Wildman–Crippen MR) is 108 cm³/mol. The van der Waals surface area contributed by atoms with Gasteiger partial charge in [0.25, 0.3) is 5.91 Å². The number of nitrogens with zero attached hydrogens (tertiary/aromatic N) is 1. The molecule has 0 spiro atoms. The Kier molecular flexibility index (Phi) is 5.34. The summed E-state index contributed by atoms with van der Waals surface area (Å²) >= 11 is 3.38. The number of hydrogen-bond donors (Lipinski definition) is 0. The Hall–Kier alpha value is -1.92. The minimum atomic E-state index is -3.28. The van der Waals surface area contributed by atoms with E-state index in [4.69, 9.17) is 0 Å². The van der Waals surface area contributed by atoms with Crippen molar-refractivity contribution in [1.82, 2.24) is 0 Å². The second-order valence-electron chi connectivity index (χ2n) is 6.66. The first-order chi connectivity index (χ1) is 12.3. The van der Waals surface area contributed by atoms with Crippen molar-refractivity contribution < 1.29 is 13.2 Å². The zero-order valence-corrected chi connectivity index (χ0v) is 17.0. The van der Waals surface area contributed by atoms with E-state index in [0.29, 0.717) is 17.2 Å². The third kappa shape index (κ3) is 4.07. The van der Waals surface area contributed by atoms with E-state index in [9.17, 15) is 13.2 Å². The van der Waals surface area contributed by atoms with Gasteiger partial charge in [-0.3, -0.25) is 4.79 Å². The SMILES string of the molecule is CC(C)c1ccc(N(C(=O)c2cccc(Br)c2)[C@H]2C=CS(=O)(=O)C2)cc1. The molecule has 6 heteroatoms. The van der Waals surface area contributed by atoms with Gasteiger partial charge in [-0.1, -0.05) is 48.0 Å². The highest BCUT2D eigenvalue weighted by Gasteiger charge is 2.32. The molecule has 2 aromatic carbocycles. The van der Waals surface area contributed by atoms with E-state index in [-0.39, 0.29) is 11.7 Å². The number of amides is 1. The lowest BCUT2D eigenvalue weighted by Gasteiger charge is -2.28. The maximum Gasteiger partial charge on any atom is 0.258 e. The second-order valence-corrected chi connectivity index (χ2v) is 9.50. The van der Waals surface area contributed by atoms with Crippen LogP contribution in [0, 0.1) is 0 Å². The number of hydrogen-bond acceptors (Lipinski definition) is 3. The number of anilines is 1. The van der Waals surface area contributed by atoms with Gasteiger partial charge in [0.1, 0.15) is 0 Å². The van der Waals surface area contributed by atoms with Gasteiger partial charge in [-0.05, 0) is 47.9 Å². The van der Waals surface area contributed by atoms with Gasteiger partial charge in [0.2, 0.25) is 0 Å². The van der Waals surface area contributed by atoms with Gasteiger partial charge in [0.05, 0.1) is 11.8 Å². The lowest BCUT2D eigenvalue weighted by atomic mass is 10.0. The van der Waals surface area contributed by atoms with E-state index >= 15 is 0 Å². The van der Waals surface area contributed by atoms with Gasteiger partial charge in [-0.15, -0.1) is 0 Å². The molecule has 26 heavy (non-hydrogen) atoms. The van der Waals surface area contributed by atoms with Crippen molar-refractivity contribution in [2.24, 2.45) is 0 Å². The third-order valence-electron chi connectivity index (χ3n) is 4.37. The first-order valence-corrected chi connectivity index (χ1v) is 10.9. The molecular weight excluding hydrogens is 414 g/mol. The van der Waals surface area contributed by atoms with Gasteiger partial charge in [0, 0.05) is 21.1 Å². The maximum absolute atomic E-state index is 13.2. The topological polar surface area (TPSA) is 54.5 Å². The number of rotatable bonds is 4. The predicted octanol–water partition coefficient (Wildman–Crippen LogP) is 4.53. The molecule has 3 rings (SSSR count). The smallest absolute Gasteiger partial charge is 0.258 e. The molecule has 0 N–H and O–H groups in total. The van der Waals surface area contributed by atoms with Crippen LogP contribution in [0.5, 0.6) is 0 Å². The van der Waals surface area contributed by atoms with Crippen LogP contribution in [-0.4, -0.2) is 26.1 Å². The van der Waals surface area contributed by atoms with Gasteiger partial charge in [-0.2, -0.15) is 0 Å². The van der Waals surface area contributed by atoms with Crippen molar-refractivity contribution in [3.05, 3.63) is 75.6 Å². The Balaban J connectivity index is 2.02. The summed E-state index contributed by atoms with van der Waals surface area (Å²) in [6, 6.07) is 14.3. The Morgan fingerprint density at radius 2 is 1.85 bits per heavy atom. The number of sulfone groups is 1. The molecule has 1 aliphatic rings. The zero-order chi connectivity index (χ0) is 18.9. The molecule has 0 saturated heterocycles. The van der Waals surface area contributed by atoms with E-state index in [2.05, 4.69) is 29.8 Å². The normalized spacial score (nSPS) is 18.2. The fraction of sp³-hybridized carbons (Fsp3) is 0.250. The molecule has 0 saturated carbocycles. The van der Waals surface area contributed by atoms with Crippen LogP contribution in [0.3, 0.4) is 0 Å². The summed E-state index contributed by atoms with van der Waals surface area (Å²) in [6.45, 7) is 4.21. The molecule has 4 nitrogen and oxygen atoms in total. The first-order valence-electron chi connectivity index (χ1n) is 8.37. The molecular formula is C20H20BrNO3S. The molecule has 0 fully saturated rings. The third-order valence-corrected chi connectivity index (χ3v) is 6.24. The minimum absolute atomic E-state index is 0.0985. The Bertz CT molecular complexity index is 949. The highest BCUT2D eigenvalue weighted by Crippen LogP contribution is 2.27. The minimum Gasteiger partial charge on any atom is -0.300 e. The molecule has 0 radical (unpaired) electrons. The summed E-state index contributed by atoms with van der Waals surface area (Å²) in [5, 5.41) is 1.20. The Morgan fingerprint density at radius 1 is 1.15 bits per heavy atom. The first kappa shape index (κ1) is 18.9. The van der Waals surface area contributed by atoms with E-state index in [1.165, 1.54) is 5.41 Å². The molecule has 1 atom stereocenters. The molecule has 0 bridgehead atoms. The summed E-state index contributed by atoms with van der Waals surface area (Å²) < 4.78 is 24.6. The van der Waals surface area contributed by atoms with Gasteiger partial charge >= 0.3 is 0 Å². The van der Waals surface area contributed by atoms with Gasteiger partial charge in [0.15, 0.2) is 9.84 Å². The maximum atomic E-state index is 13.2. The van der Waals surface area contributed by atoms with E-state index in [0.717, 1.165) is 10.0 Å². The molecule has 1 heterocycles. The molecule has 1 aliphatic heterocycles. The molecule has 0 aliphatic carbocycles. The van der Waals surface area contributed by atoms with Crippen molar-refractivity contribution in [3.63, 3.8) is 0 Å². The summed E-state index contributed by atoms with van der Waals surface area (Å²) in [6.07, 6.45) is 1.58. The molecule has 2 aromatic rings. The van der Waals surface area contributed by atoms with Gasteiger partial charge in [-0.25, -0.2) is 8.42 Å². The van der Waals surface area contributed by atoms with Gasteiger partial charge < -0.3 is 4.90 Å². The monoisotopic (exact) mass is 433 g/mol. The van der Waals surface area contributed by atoms with E-state index < -0.39 is 15.9 Å². The average molecular weight is 434 g/mol. The van der Waals surface area contributed by atoms with Crippen LogP contribution in [0.1, 0.15) is 35.7 Å². The van der Waals surface area contributed by atoms with Crippen molar-refractivity contribution in [2.75, 3.05) is 10.7 Å². The summed E-state index contributed by atoms with van der Waals surface area (Å²) in [5.74, 6) is 0.0546. The van der Waals surface area contributed by atoms with Crippen molar-refractivity contribution in [1.29, 1.82) is 0 Å². The zero-order valence-electron chi connectivity index (χ0n) is 14.6. The summed E-state index contributed by atoms with van der Waals surface area (Å²) in [7, 11) is -3.28. The van der Waals surface area contributed by atoms with Crippen LogP contribution < -0.4 is 4.90 Å². The molecule has 0 aromatic heterocycles. The number of carbonyl (C=O) groups excluding carboxylic acids is 1. The van der Waals surface area contributed by atoms with Crippen LogP contribution in [0.2, 0.25) is 0 Å². The van der Waals surface area contributed by atoms with Crippen LogP contribution in [0.15, 0.2) is 64.5 Å². The number of halogens is 1. The van der Waals surface area contributed by atoms with Crippen molar-refractivity contribution >= 4 is 37.4 Å². The highest BCUT2D eigenvalue weighted by atomic mass is 79.9.